The second-order valence-corrected chi connectivity index (χ2v) is 9.86. The van der Waals surface area contributed by atoms with E-state index in [9.17, 15) is 0 Å². The van der Waals surface area contributed by atoms with Gasteiger partial charge in [0.1, 0.15) is 12.4 Å². The van der Waals surface area contributed by atoms with Gasteiger partial charge in [0.05, 0.1) is 5.69 Å². The van der Waals surface area contributed by atoms with Crippen molar-refractivity contribution < 1.29 is 4.74 Å². The van der Waals surface area contributed by atoms with Crippen LogP contribution in [-0.4, -0.2) is 38.9 Å². The van der Waals surface area contributed by atoms with E-state index in [1.165, 1.54) is 56.1 Å². The van der Waals surface area contributed by atoms with Crippen molar-refractivity contribution in [2.24, 2.45) is 0 Å². The molecule has 2 saturated heterocycles. The predicted molar refractivity (Wildman–Crippen MR) is 124 cm³/mol. The van der Waals surface area contributed by atoms with Crippen LogP contribution in [0.1, 0.15) is 50.5 Å². The highest BCUT2D eigenvalue weighted by molar-refractivity contribution is 5.75. The third-order valence-electron chi connectivity index (χ3n) is 7.65. The molecule has 164 valence electrons. The summed E-state index contributed by atoms with van der Waals surface area (Å²) in [5.74, 6) is 1.88. The summed E-state index contributed by atoms with van der Waals surface area (Å²) in [6.45, 7) is 0.550. The van der Waals surface area contributed by atoms with Crippen molar-refractivity contribution in [3.63, 3.8) is 0 Å². The molecule has 7 rings (SSSR count). The number of hydrogen-bond acceptors (Lipinski definition) is 5. The first-order chi connectivity index (χ1) is 15.8. The fourth-order valence-corrected chi connectivity index (χ4v) is 6.05. The third-order valence-corrected chi connectivity index (χ3v) is 7.65. The Bertz CT molecular complexity index is 1130. The van der Waals surface area contributed by atoms with E-state index in [4.69, 9.17) is 9.72 Å². The third kappa shape index (κ3) is 3.20. The topological polar surface area (TPSA) is 55.2 Å². The molecule has 0 radical (unpaired) electrons. The molecule has 0 amide bonds. The molecule has 4 aliphatic rings. The Labute approximate surface area is 188 Å². The van der Waals surface area contributed by atoms with Crippen molar-refractivity contribution in [1.29, 1.82) is 0 Å². The van der Waals surface area contributed by atoms with Crippen LogP contribution in [-0.2, 0) is 6.61 Å². The fraction of sp³-hybridized carbons (Fsp3) is 0.462. The molecule has 3 atom stereocenters. The van der Waals surface area contributed by atoms with Gasteiger partial charge in [0.15, 0.2) is 0 Å². The highest BCUT2D eigenvalue weighted by Gasteiger charge is 2.40. The summed E-state index contributed by atoms with van der Waals surface area (Å²) in [7, 11) is 0. The Morgan fingerprint density at radius 2 is 1.81 bits per heavy atom. The van der Waals surface area contributed by atoms with Gasteiger partial charge in [-0.3, -0.25) is 0 Å². The average molecular weight is 428 g/mol. The molecule has 1 saturated carbocycles. The van der Waals surface area contributed by atoms with E-state index in [-0.39, 0.29) is 0 Å². The number of rotatable bonds is 4. The summed E-state index contributed by atoms with van der Waals surface area (Å²) >= 11 is 0. The van der Waals surface area contributed by atoms with E-state index in [0.717, 1.165) is 22.9 Å². The van der Waals surface area contributed by atoms with Gasteiger partial charge in [-0.25, -0.2) is 4.68 Å². The van der Waals surface area contributed by atoms with Crippen LogP contribution in [0.3, 0.4) is 0 Å². The number of hydrogen-bond donors (Lipinski definition) is 1. The van der Waals surface area contributed by atoms with Crippen molar-refractivity contribution in [1.82, 2.24) is 20.1 Å². The first-order valence-electron chi connectivity index (χ1n) is 12.1. The molecule has 32 heavy (non-hydrogen) atoms. The summed E-state index contributed by atoms with van der Waals surface area (Å²) in [6, 6.07) is 15.5. The zero-order chi connectivity index (χ0) is 21.1. The molecule has 6 heteroatoms. The molecule has 1 aromatic carbocycles. The lowest BCUT2D eigenvalue weighted by molar-refractivity contribution is 0.215. The number of nitrogens with one attached hydrogen (secondary N) is 1. The monoisotopic (exact) mass is 427 g/mol. The molecule has 3 aromatic rings. The summed E-state index contributed by atoms with van der Waals surface area (Å²) in [5.41, 5.74) is 4.56. The lowest BCUT2D eigenvalue weighted by atomic mass is 9.83. The summed E-state index contributed by atoms with van der Waals surface area (Å²) in [5, 5.41) is 8.20. The number of ether oxygens (including phenoxy) is 1. The average Bonchev–Trinajstić information content (AvgIpc) is 3.49. The maximum absolute atomic E-state index is 6.20. The molecule has 2 aromatic heterocycles. The lowest BCUT2D eigenvalue weighted by Gasteiger charge is -2.45. The molecule has 6 nitrogen and oxygen atoms in total. The number of nitrogens with zero attached hydrogens (tertiary/aromatic N) is 4. The van der Waals surface area contributed by atoms with Gasteiger partial charge in [-0.15, -0.1) is 0 Å². The van der Waals surface area contributed by atoms with E-state index < -0.39 is 0 Å². The van der Waals surface area contributed by atoms with Crippen LogP contribution in [0.15, 0.2) is 48.8 Å². The molecule has 3 aliphatic heterocycles. The maximum Gasteiger partial charge on any atom is 0.223 e. The first-order valence-corrected chi connectivity index (χ1v) is 12.1. The van der Waals surface area contributed by atoms with Crippen molar-refractivity contribution in [2.45, 2.75) is 75.7 Å². The minimum Gasteiger partial charge on any atom is -0.472 e. The molecule has 2 bridgehead atoms. The molecule has 1 aliphatic carbocycles. The van der Waals surface area contributed by atoms with Crippen LogP contribution in [0.25, 0.3) is 16.8 Å². The largest absolute Gasteiger partial charge is 0.472 e. The number of aromatic nitrogens is 3. The van der Waals surface area contributed by atoms with E-state index in [0.29, 0.717) is 30.8 Å². The Kier molecular flexibility index (Phi) is 4.29. The number of anilines is 1. The van der Waals surface area contributed by atoms with E-state index in [2.05, 4.69) is 45.6 Å². The van der Waals surface area contributed by atoms with Crippen LogP contribution >= 0.6 is 0 Å². The van der Waals surface area contributed by atoms with Crippen LogP contribution in [0.5, 0.6) is 5.88 Å². The highest BCUT2D eigenvalue weighted by Crippen LogP contribution is 2.42. The zero-order valence-electron chi connectivity index (χ0n) is 18.3. The second-order valence-electron chi connectivity index (χ2n) is 9.86. The van der Waals surface area contributed by atoms with Gasteiger partial charge in [0, 0.05) is 42.1 Å². The SMILES string of the molecule is c1cnn(-c2ccc3c(c2)COc2nc(N(C4CC4)[C@@H]4CC5CCC[C@@H](C4)N5)ccc2-3)c1. The molecular formula is C26H29N5O. The van der Waals surface area contributed by atoms with E-state index in [1.807, 2.05) is 16.9 Å². The second kappa shape index (κ2) is 7.34. The van der Waals surface area contributed by atoms with Gasteiger partial charge in [-0.05, 0) is 80.0 Å². The van der Waals surface area contributed by atoms with Crippen molar-refractivity contribution in [3.05, 3.63) is 54.4 Å². The van der Waals surface area contributed by atoms with Crippen molar-refractivity contribution >= 4 is 5.82 Å². The van der Waals surface area contributed by atoms with Crippen LogP contribution in [0, 0.1) is 0 Å². The van der Waals surface area contributed by atoms with Gasteiger partial charge >= 0.3 is 0 Å². The maximum atomic E-state index is 6.20. The van der Waals surface area contributed by atoms with Gasteiger partial charge < -0.3 is 15.0 Å². The predicted octanol–water partition coefficient (Wildman–Crippen LogP) is 4.47. The summed E-state index contributed by atoms with van der Waals surface area (Å²) in [4.78, 5) is 7.73. The summed E-state index contributed by atoms with van der Waals surface area (Å²) < 4.78 is 8.08. The van der Waals surface area contributed by atoms with E-state index >= 15 is 0 Å². The molecular weight excluding hydrogens is 398 g/mol. The van der Waals surface area contributed by atoms with Crippen molar-refractivity contribution in [3.8, 4) is 22.7 Å². The summed E-state index contributed by atoms with van der Waals surface area (Å²) in [6.07, 6.45) is 12.9. The van der Waals surface area contributed by atoms with Crippen LogP contribution < -0.4 is 15.0 Å². The van der Waals surface area contributed by atoms with Gasteiger partial charge in [0.2, 0.25) is 5.88 Å². The smallest absolute Gasteiger partial charge is 0.223 e. The molecule has 1 N–H and O–H groups in total. The van der Waals surface area contributed by atoms with Crippen LogP contribution in [0.2, 0.25) is 0 Å². The highest BCUT2D eigenvalue weighted by atomic mass is 16.5. The number of pyridine rings is 1. The number of benzene rings is 1. The first kappa shape index (κ1) is 18.7. The normalized spacial score (nSPS) is 26.1. The minimum atomic E-state index is 0.550. The standard InChI is InChI=1S/C26H29N5O/c1-3-18-14-22(15-19(4-1)28-18)31(20-5-6-20)25-10-9-24-23-8-7-21(30-12-2-11-27-30)13-17(23)16-32-26(24)29-25/h2,7-13,18-20,22,28H,1,3-6,14-16H2/t18-,19?,22-/m0/s1. The zero-order valence-corrected chi connectivity index (χ0v) is 18.3. The Balaban J connectivity index is 1.21. The Morgan fingerprint density at radius 3 is 2.59 bits per heavy atom. The van der Waals surface area contributed by atoms with Gasteiger partial charge in [0.25, 0.3) is 0 Å². The molecule has 5 heterocycles. The molecule has 3 fully saturated rings. The van der Waals surface area contributed by atoms with Crippen molar-refractivity contribution in [2.75, 3.05) is 4.90 Å². The molecule has 0 spiro atoms. The Hall–Kier alpha value is -2.86. The lowest BCUT2D eigenvalue weighted by Crippen LogP contribution is -2.55. The quantitative estimate of drug-likeness (QED) is 0.666. The number of fused-ring (bicyclic) bond motifs is 5. The van der Waals surface area contributed by atoms with Gasteiger partial charge in [-0.1, -0.05) is 12.5 Å². The Morgan fingerprint density at radius 1 is 0.969 bits per heavy atom. The van der Waals surface area contributed by atoms with Gasteiger partial charge in [-0.2, -0.15) is 10.1 Å². The molecule has 1 unspecified atom stereocenters. The fourth-order valence-electron chi connectivity index (χ4n) is 6.05. The minimum absolute atomic E-state index is 0.550. The van der Waals surface area contributed by atoms with E-state index in [1.54, 1.807) is 6.20 Å². The van der Waals surface area contributed by atoms with Crippen LogP contribution in [0.4, 0.5) is 5.82 Å². The number of piperidine rings is 2.